The summed E-state index contributed by atoms with van der Waals surface area (Å²) >= 11 is 0. The van der Waals surface area contributed by atoms with Gasteiger partial charge in [-0.15, -0.1) is 0 Å². The van der Waals surface area contributed by atoms with Gasteiger partial charge < -0.3 is 10.8 Å². The number of benzene rings is 1. The van der Waals surface area contributed by atoms with Gasteiger partial charge in [0.2, 0.25) is 0 Å². The fraction of sp³-hybridized carbons (Fsp3) is 0.300. The van der Waals surface area contributed by atoms with Crippen molar-refractivity contribution >= 4 is 5.78 Å². The molecule has 15 heavy (non-hydrogen) atoms. The Balaban J connectivity index is 3.29. The van der Waals surface area contributed by atoms with E-state index in [-0.39, 0.29) is 17.7 Å². The molecular weight excluding hydrogens is 204 g/mol. The summed E-state index contributed by atoms with van der Waals surface area (Å²) in [4.78, 5) is 11.2. The molecular formula is C10H11F2NO2. The lowest BCUT2D eigenvalue weighted by molar-refractivity contribution is 0.100. The molecule has 1 aromatic rings. The van der Waals surface area contributed by atoms with Gasteiger partial charge >= 0.3 is 0 Å². The van der Waals surface area contributed by atoms with Crippen LogP contribution in [0.4, 0.5) is 8.78 Å². The number of carbonyl (C=O) groups is 1. The van der Waals surface area contributed by atoms with Gasteiger partial charge in [-0.05, 0) is 24.6 Å². The molecule has 0 aromatic heterocycles. The maximum Gasteiger partial charge on any atom is 0.267 e. The normalized spacial score (nSPS) is 10.7. The Hall–Kier alpha value is -1.49. The van der Waals surface area contributed by atoms with Crippen LogP contribution in [0.1, 0.15) is 27.9 Å². The smallest absolute Gasteiger partial charge is 0.267 e. The molecule has 0 amide bonds. The van der Waals surface area contributed by atoms with E-state index in [9.17, 15) is 18.7 Å². The summed E-state index contributed by atoms with van der Waals surface area (Å²) in [5, 5.41) is 9.32. The number of ketones is 1. The standard InChI is InChI=1S/C10H11F2NO2/c1-5-2-6(8(14)4-13)3-7(9(5)15)10(11)12/h2-3,10,15H,4,13H2,1H3. The van der Waals surface area contributed by atoms with Gasteiger partial charge in [0.25, 0.3) is 6.43 Å². The first-order chi connectivity index (χ1) is 6.97. The number of hydrogen-bond donors (Lipinski definition) is 2. The largest absolute Gasteiger partial charge is 0.507 e. The summed E-state index contributed by atoms with van der Waals surface area (Å²) in [6.45, 7) is 1.21. The van der Waals surface area contributed by atoms with Crippen LogP contribution in [0.3, 0.4) is 0 Å². The zero-order valence-corrected chi connectivity index (χ0v) is 8.13. The average Bonchev–Trinajstić information content (AvgIpc) is 2.20. The van der Waals surface area contributed by atoms with Crippen molar-refractivity contribution in [1.29, 1.82) is 0 Å². The summed E-state index contributed by atoms with van der Waals surface area (Å²) in [7, 11) is 0. The van der Waals surface area contributed by atoms with Crippen molar-refractivity contribution < 1.29 is 18.7 Å². The number of alkyl halides is 2. The summed E-state index contributed by atoms with van der Waals surface area (Å²) in [6, 6.07) is 2.32. The van der Waals surface area contributed by atoms with E-state index in [0.717, 1.165) is 6.07 Å². The molecule has 0 bridgehead atoms. The molecule has 3 N–H and O–H groups in total. The molecule has 0 saturated heterocycles. The van der Waals surface area contributed by atoms with Gasteiger partial charge in [-0.2, -0.15) is 0 Å². The van der Waals surface area contributed by atoms with Gasteiger partial charge in [-0.3, -0.25) is 4.79 Å². The van der Waals surface area contributed by atoms with E-state index in [0.29, 0.717) is 0 Å². The zero-order chi connectivity index (χ0) is 11.6. The van der Waals surface area contributed by atoms with Crippen molar-refractivity contribution in [2.45, 2.75) is 13.3 Å². The lowest BCUT2D eigenvalue weighted by Gasteiger charge is -2.08. The summed E-state index contributed by atoms with van der Waals surface area (Å²) < 4.78 is 24.9. The predicted octanol–water partition coefficient (Wildman–Crippen LogP) is 1.78. The SMILES string of the molecule is Cc1cc(C(=O)CN)cc(C(F)F)c1O. The van der Waals surface area contributed by atoms with Gasteiger partial charge in [-0.1, -0.05) is 0 Å². The second kappa shape index (κ2) is 4.35. The van der Waals surface area contributed by atoms with Gasteiger partial charge in [-0.25, -0.2) is 8.78 Å². The lowest BCUT2D eigenvalue weighted by atomic mass is 10.0. The minimum Gasteiger partial charge on any atom is -0.507 e. The molecule has 0 aliphatic carbocycles. The quantitative estimate of drug-likeness (QED) is 0.755. The van der Waals surface area contributed by atoms with Gasteiger partial charge in [0.1, 0.15) is 5.75 Å². The van der Waals surface area contributed by atoms with Crippen LogP contribution in [0.5, 0.6) is 5.75 Å². The van der Waals surface area contributed by atoms with Gasteiger partial charge in [0.05, 0.1) is 12.1 Å². The number of carbonyl (C=O) groups excluding carboxylic acids is 1. The van der Waals surface area contributed by atoms with E-state index in [2.05, 4.69) is 0 Å². The first kappa shape index (κ1) is 11.6. The fourth-order valence-electron chi connectivity index (χ4n) is 1.25. The number of Topliss-reactive ketones (excluding diaryl/α,β-unsaturated/α-hetero) is 1. The van der Waals surface area contributed by atoms with Crippen LogP contribution >= 0.6 is 0 Å². The number of halogens is 2. The Morgan fingerprint density at radius 1 is 1.53 bits per heavy atom. The van der Waals surface area contributed by atoms with Gasteiger partial charge in [0, 0.05) is 5.56 Å². The van der Waals surface area contributed by atoms with Crippen molar-refractivity contribution in [3.05, 3.63) is 28.8 Å². The summed E-state index contributed by atoms with van der Waals surface area (Å²) in [5.41, 5.74) is 4.92. The lowest BCUT2D eigenvalue weighted by Crippen LogP contribution is -2.14. The molecule has 0 spiro atoms. The highest BCUT2D eigenvalue weighted by molar-refractivity contribution is 5.98. The number of hydrogen-bond acceptors (Lipinski definition) is 3. The maximum absolute atomic E-state index is 12.5. The minimum absolute atomic E-state index is 0.100. The van der Waals surface area contributed by atoms with Crippen LogP contribution in [0.25, 0.3) is 0 Å². The van der Waals surface area contributed by atoms with Crippen LogP contribution in [-0.4, -0.2) is 17.4 Å². The highest BCUT2D eigenvalue weighted by Crippen LogP contribution is 2.32. The molecule has 0 aliphatic heterocycles. The molecule has 0 unspecified atom stereocenters. The number of phenolic OH excluding ortho intramolecular Hbond substituents is 1. The third-order valence-electron chi connectivity index (χ3n) is 2.07. The number of rotatable bonds is 3. The molecule has 82 valence electrons. The molecule has 0 radical (unpaired) electrons. The fourth-order valence-corrected chi connectivity index (χ4v) is 1.25. The van der Waals surface area contributed by atoms with Crippen LogP contribution in [-0.2, 0) is 0 Å². The zero-order valence-electron chi connectivity index (χ0n) is 8.13. The van der Waals surface area contributed by atoms with Crippen molar-refractivity contribution in [3.8, 4) is 5.75 Å². The number of aryl methyl sites for hydroxylation is 1. The van der Waals surface area contributed by atoms with E-state index >= 15 is 0 Å². The van der Waals surface area contributed by atoms with E-state index in [4.69, 9.17) is 5.73 Å². The van der Waals surface area contributed by atoms with Crippen molar-refractivity contribution in [3.63, 3.8) is 0 Å². The average molecular weight is 215 g/mol. The molecule has 1 aromatic carbocycles. The molecule has 0 fully saturated rings. The molecule has 1 rings (SSSR count). The topological polar surface area (TPSA) is 63.3 Å². The Morgan fingerprint density at radius 3 is 2.60 bits per heavy atom. The molecule has 0 heterocycles. The second-order valence-corrected chi connectivity index (χ2v) is 3.16. The van der Waals surface area contributed by atoms with Gasteiger partial charge in [0.15, 0.2) is 5.78 Å². The van der Waals surface area contributed by atoms with Crippen molar-refractivity contribution in [2.75, 3.05) is 6.54 Å². The van der Waals surface area contributed by atoms with E-state index in [1.165, 1.54) is 13.0 Å². The van der Waals surface area contributed by atoms with E-state index in [1.54, 1.807) is 0 Å². The number of aromatic hydroxyl groups is 1. The Labute approximate surface area is 85.5 Å². The number of phenols is 1. The third kappa shape index (κ3) is 2.30. The van der Waals surface area contributed by atoms with Crippen molar-refractivity contribution in [1.82, 2.24) is 0 Å². The van der Waals surface area contributed by atoms with Crippen molar-refractivity contribution in [2.24, 2.45) is 5.73 Å². The molecule has 0 aliphatic rings. The Kier molecular flexibility index (Phi) is 3.36. The third-order valence-corrected chi connectivity index (χ3v) is 2.07. The maximum atomic E-state index is 12.5. The first-order valence-corrected chi connectivity index (χ1v) is 4.32. The highest BCUT2D eigenvalue weighted by atomic mass is 19.3. The minimum atomic E-state index is -2.81. The van der Waals surface area contributed by atoms with Crippen LogP contribution in [0.2, 0.25) is 0 Å². The number of nitrogens with two attached hydrogens (primary N) is 1. The van der Waals surface area contributed by atoms with E-state index in [1.807, 2.05) is 0 Å². The molecule has 0 saturated carbocycles. The van der Waals surface area contributed by atoms with Crippen LogP contribution in [0.15, 0.2) is 12.1 Å². The Morgan fingerprint density at radius 2 is 2.13 bits per heavy atom. The molecule has 0 atom stereocenters. The van der Waals surface area contributed by atoms with Crippen LogP contribution < -0.4 is 5.73 Å². The predicted molar refractivity (Wildman–Crippen MR) is 51.2 cm³/mol. The molecule has 3 nitrogen and oxygen atoms in total. The Bertz CT molecular complexity index is 391. The monoisotopic (exact) mass is 215 g/mol. The molecule has 5 heteroatoms. The van der Waals surface area contributed by atoms with Crippen LogP contribution in [0, 0.1) is 6.92 Å². The highest BCUT2D eigenvalue weighted by Gasteiger charge is 2.17. The second-order valence-electron chi connectivity index (χ2n) is 3.16. The summed E-state index contributed by atoms with van der Waals surface area (Å²) in [6.07, 6.45) is -2.81. The first-order valence-electron chi connectivity index (χ1n) is 4.32. The summed E-state index contributed by atoms with van der Waals surface area (Å²) in [5.74, 6) is -0.904. The van der Waals surface area contributed by atoms with E-state index < -0.39 is 23.5 Å².